The molecule has 0 saturated carbocycles. The van der Waals surface area contributed by atoms with Gasteiger partial charge in [-0.15, -0.1) is 0 Å². The lowest BCUT2D eigenvalue weighted by Crippen LogP contribution is -2.37. The van der Waals surface area contributed by atoms with Crippen molar-refractivity contribution < 1.29 is 14.0 Å². The molecule has 9 heteroatoms. The minimum Gasteiger partial charge on any atom is -0.325 e. The second kappa shape index (κ2) is 8.63. The number of pyridine rings is 2. The monoisotopic (exact) mass is 422 g/mol. The first-order valence-electron chi connectivity index (χ1n) is 10.1. The van der Waals surface area contributed by atoms with Gasteiger partial charge in [0.2, 0.25) is 11.8 Å². The lowest BCUT2D eigenvalue weighted by molar-refractivity contribution is -0.122. The Bertz CT molecular complexity index is 1140. The van der Waals surface area contributed by atoms with E-state index in [2.05, 4.69) is 20.4 Å². The lowest BCUT2D eigenvalue weighted by Gasteiger charge is -2.27. The van der Waals surface area contributed by atoms with Crippen LogP contribution in [0.25, 0.3) is 11.3 Å². The maximum atomic E-state index is 14.5. The van der Waals surface area contributed by atoms with Crippen LogP contribution in [0.5, 0.6) is 0 Å². The number of nitrogens with one attached hydrogen (secondary N) is 1. The van der Waals surface area contributed by atoms with Crippen LogP contribution in [0, 0.1) is 19.7 Å². The summed E-state index contributed by atoms with van der Waals surface area (Å²) in [5.41, 5.74) is 2.73. The molecule has 0 atom stereocenters. The number of aromatic nitrogens is 4. The molecule has 2 amide bonds. The Balaban J connectivity index is 1.36. The second-order valence-electron chi connectivity index (χ2n) is 7.62. The molecule has 3 aromatic heterocycles. The van der Waals surface area contributed by atoms with Crippen LogP contribution in [-0.2, 0) is 16.1 Å². The zero-order valence-corrected chi connectivity index (χ0v) is 17.4. The summed E-state index contributed by atoms with van der Waals surface area (Å²) in [6.07, 6.45) is 5.48. The van der Waals surface area contributed by atoms with Crippen molar-refractivity contribution in [3.63, 3.8) is 0 Å². The summed E-state index contributed by atoms with van der Waals surface area (Å²) in [5, 5.41) is 6.98. The van der Waals surface area contributed by atoms with E-state index in [4.69, 9.17) is 0 Å². The van der Waals surface area contributed by atoms with Gasteiger partial charge in [0.15, 0.2) is 5.82 Å². The number of carbonyl (C=O) groups is 2. The first-order valence-corrected chi connectivity index (χ1v) is 10.1. The van der Waals surface area contributed by atoms with E-state index in [0.29, 0.717) is 12.1 Å². The highest BCUT2D eigenvalue weighted by atomic mass is 19.1. The van der Waals surface area contributed by atoms with Gasteiger partial charge < -0.3 is 5.32 Å². The Morgan fingerprint density at radius 1 is 1.10 bits per heavy atom. The predicted molar refractivity (Wildman–Crippen MR) is 114 cm³/mol. The highest BCUT2D eigenvalue weighted by molar-refractivity contribution is 5.97. The molecule has 0 saturated heterocycles. The van der Waals surface area contributed by atoms with Crippen molar-refractivity contribution in [2.24, 2.45) is 0 Å². The van der Waals surface area contributed by atoms with Gasteiger partial charge in [0.05, 0.1) is 17.6 Å². The molecule has 8 nitrogen and oxygen atoms in total. The topological polar surface area (TPSA) is 93.0 Å². The Kier molecular flexibility index (Phi) is 5.75. The van der Waals surface area contributed by atoms with Gasteiger partial charge in [0.1, 0.15) is 11.5 Å². The van der Waals surface area contributed by atoms with Crippen molar-refractivity contribution in [1.29, 1.82) is 0 Å². The van der Waals surface area contributed by atoms with E-state index in [0.717, 1.165) is 30.0 Å². The van der Waals surface area contributed by atoms with E-state index in [1.165, 1.54) is 18.5 Å². The fraction of sp³-hybridized carbons (Fsp3) is 0.318. The summed E-state index contributed by atoms with van der Waals surface area (Å²) in [7, 11) is 0. The fourth-order valence-electron chi connectivity index (χ4n) is 3.64. The van der Waals surface area contributed by atoms with Crippen LogP contribution in [-0.4, -0.2) is 38.1 Å². The molecule has 4 heterocycles. The third-order valence-electron chi connectivity index (χ3n) is 5.05. The summed E-state index contributed by atoms with van der Waals surface area (Å²) in [6, 6.07) is 4.88. The molecule has 0 aromatic carbocycles. The Morgan fingerprint density at radius 2 is 1.94 bits per heavy atom. The van der Waals surface area contributed by atoms with Crippen LogP contribution in [0.3, 0.4) is 0 Å². The van der Waals surface area contributed by atoms with Crippen molar-refractivity contribution in [3.05, 3.63) is 53.9 Å². The second-order valence-corrected chi connectivity index (χ2v) is 7.62. The SMILES string of the molecule is Cc1cncc(-c2ncc(NC(=O)CCC(=O)N3CCCn4nc(C)cc43)cc2F)c1. The molecule has 0 fully saturated rings. The van der Waals surface area contributed by atoms with Crippen molar-refractivity contribution in [1.82, 2.24) is 19.7 Å². The molecule has 0 radical (unpaired) electrons. The third-order valence-corrected chi connectivity index (χ3v) is 5.05. The highest BCUT2D eigenvalue weighted by Crippen LogP contribution is 2.24. The minimum absolute atomic E-state index is 0.00633. The van der Waals surface area contributed by atoms with E-state index >= 15 is 0 Å². The Labute approximate surface area is 179 Å². The molecule has 0 aliphatic carbocycles. The van der Waals surface area contributed by atoms with E-state index in [-0.39, 0.29) is 36.0 Å². The van der Waals surface area contributed by atoms with Crippen molar-refractivity contribution in [2.45, 2.75) is 39.7 Å². The lowest BCUT2D eigenvalue weighted by atomic mass is 10.1. The third kappa shape index (κ3) is 4.60. The van der Waals surface area contributed by atoms with Gasteiger partial charge in [-0.3, -0.25) is 24.5 Å². The number of carbonyl (C=O) groups excluding carboxylic acids is 2. The first-order chi connectivity index (χ1) is 14.9. The van der Waals surface area contributed by atoms with E-state index in [9.17, 15) is 14.0 Å². The summed E-state index contributed by atoms with van der Waals surface area (Å²) in [5.74, 6) is -0.302. The number of halogens is 1. The van der Waals surface area contributed by atoms with Crippen LogP contribution < -0.4 is 10.2 Å². The van der Waals surface area contributed by atoms with Gasteiger partial charge in [-0.25, -0.2) is 9.07 Å². The molecule has 1 aliphatic rings. The molecule has 4 rings (SSSR count). The number of amides is 2. The van der Waals surface area contributed by atoms with Crippen molar-refractivity contribution in [3.8, 4) is 11.3 Å². The first kappa shape index (κ1) is 20.6. The van der Waals surface area contributed by atoms with E-state index < -0.39 is 5.82 Å². The van der Waals surface area contributed by atoms with Crippen LogP contribution >= 0.6 is 0 Å². The zero-order valence-electron chi connectivity index (χ0n) is 17.4. The maximum Gasteiger partial charge on any atom is 0.228 e. The van der Waals surface area contributed by atoms with Gasteiger partial charge in [0.25, 0.3) is 0 Å². The molecular weight excluding hydrogens is 399 g/mol. The van der Waals surface area contributed by atoms with Gasteiger partial charge in [0, 0.05) is 56.0 Å². The molecule has 0 spiro atoms. The van der Waals surface area contributed by atoms with Crippen molar-refractivity contribution >= 4 is 23.3 Å². The zero-order chi connectivity index (χ0) is 22.0. The quantitative estimate of drug-likeness (QED) is 0.681. The number of hydrogen-bond donors (Lipinski definition) is 1. The highest BCUT2D eigenvalue weighted by Gasteiger charge is 2.24. The van der Waals surface area contributed by atoms with E-state index in [1.54, 1.807) is 17.2 Å². The normalized spacial score (nSPS) is 13.1. The van der Waals surface area contributed by atoms with Gasteiger partial charge in [-0.2, -0.15) is 5.10 Å². The molecular formula is C22H23FN6O2. The molecule has 3 aromatic rings. The largest absolute Gasteiger partial charge is 0.325 e. The summed E-state index contributed by atoms with van der Waals surface area (Å²) in [6.45, 7) is 5.13. The van der Waals surface area contributed by atoms with Gasteiger partial charge in [-0.1, -0.05) is 0 Å². The average molecular weight is 422 g/mol. The molecule has 31 heavy (non-hydrogen) atoms. The smallest absolute Gasteiger partial charge is 0.228 e. The van der Waals surface area contributed by atoms with Crippen LogP contribution in [0.1, 0.15) is 30.5 Å². The molecule has 1 N–H and O–H groups in total. The number of aryl methyl sites for hydroxylation is 3. The number of hydrogen-bond acceptors (Lipinski definition) is 5. The average Bonchev–Trinajstić information content (AvgIpc) is 3.12. The number of nitrogens with zero attached hydrogens (tertiary/aromatic N) is 5. The molecule has 0 unspecified atom stereocenters. The van der Waals surface area contributed by atoms with Crippen LogP contribution in [0.2, 0.25) is 0 Å². The Hall–Kier alpha value is -3.62. The number of anilines is 2. The molecule has 160 valence electrons. The van der Waals surface area contributed by atoms with Crippen molar-refractivity contribution in [2.75, 3.05) is 16.8 Å². The van der Waals surface area contributed by atoms with Crippen LogP contribution in [0.15, 0.2) is 36.8 Å². The number of rotatable bonds is 5. The number of fused-ring (bicyclic) bond motifs is 1. The summed E-state index contributed by atoms with van der Waals surface area (Å²) < 4.78 is 16.3. The van der Waals surface area contributed by atoms with E-state index in [1.807, 2.05) is 24.6 Å². The standard InChI is InChI=1S/C22H23FN6O2/c1-14-8-16(12-24-11-14)22-18(23)10-17(13-25-22)26-19(30)4-5-21(31)28-6-3-7-29-20(28)9-15(2)27-29/h8-13H,3-7H2,1-2H3,(H,26,30). The van der Waals surface area contributed by atoms with Crippen LogP contribution in [0.4, 0.5) is 15.9 Å². The van der Waals surface area contributed by atoms with Gasteiger partial charge >= 0.3 is 0 Å². The summed E-state index contributed by atoms with van der Waals surface area (Å²) in [4.78, 5) is 34.8. The predicted octanol–water partition coefficient (Wildman–Crippen LogP) is 3.25. The minimum atomic E-state index is -0.557. The summed E-state index contributed by atoms with van der Waals surface area (Å²) >= 11 is 0. The molecule has 0 bridgehead atoms. The maximum absolute atomic E-state index is 14.5. The Morgan fingerprint density at radius 3 is 2.71 bits per heavy atom. The van der Waals surface area contributed by atoms with Gasteiger partial charge in [-0.05, 0) is 31.9 Å². The molecule has 1 aliphatic heterocycles. The fourth-order valence-corrected chi connectivity index (χ4v) is 3.64.